The summed E-state index contributed by atoms with van der Waals surface area (Å²) in [5.41, 5.74) is -1.85. The summed E-state index contributed by atoms with van der Waals surface area (Å²) in [6.07, 6.45) is 1.32. The Kier molecular flexibility index (Phi) is 5.17. The number of nitrogens with zero attached hydrogens (tertiary/aromatic N) is 2. The fourth-order valence-electron chi connectivity index (χ4n) is 3.24. The van der Waals surface area contributed by atoms with Crippen molar-refractivity contribution in [1.82, 2.24) is 4.90 Å². The first-order valence-corrected chi connectivity index (χ1v) is 8.32. The van der Waals surface area contributed by atoms with Gasteiger partial charge in [0.05, 0.1) is 11.6 Å². The van der Waals surface area contributed by atoms with E-state index >= 15 is 0 Å². The Hall–Kier alpha value is -2.42. The molecule has 0 saturated heterocycles. The maximum atomic E-state index is 14.7. The molecule has 0 aromatic heterocycles. The van der Waals surface area contributed by atoms with Crippen LogP contribution in [0.15, 0.2) is 18.2 Å². The van der Waals surface area contributed by atoms with Crippen LogP contribution in [-0.2, 0) is 15.1 Å². The highest BCUT2D eigenvalue weighted by atomic mass is 19.1. The number of likely N-dealkylation sites (N-methyl/N-ethyl adjacent to an activating group) is 1. The Labute approximate surface area is 147 Å². The lowest BCUT2D eigenvalue weighted by molar-refractivity contribution is -0.134. The molecule has 1 amide bonds. The molecule has 1 aliphatic carbocycles. The summed E-state index contributed by atoms with van der Waals surface area (Å²) in [5, 5.41) is 8.94. The monoisotopic (exact) mass is 346 g/mol. The maximum absolute atomic E-state index is 14.7. The van der Waals surface area contributed by atoms with Crippen LogP contribution < -0.4 is 0 Å². The van der Waals surface area contributed by atoms with Crippen molar-refractivity contribution in [1.29, 1.82) is 5.26 Å². The molecule has 2 rings (SSSR count). The molecule has 0 N–H and O–H groups in total. The van der Waals surface area contributed by atoms with Crippen LogP contribution in [0.4, 0.5) is 9.18 Å². The van der Waals surface area contributed by atoms with Gasteiger partial charge in [-0.05, 0) is 52.2 Å². The molecular weight excluding hydrogens is 323 g/mol. The molecule has 134 valence electrons. The topological polar surface area (TPSA) is 70.4 Å². The number of ether oxygens (including phenoxy) is 1. The van der Waals surface area contributed by atoms with Gasteiger partial charge in [-0.3, -0.25) is 9.69 Å². The number of hydrogen-bond acceptors (Lipinski definition) is 4. The van der Waals surface area contributed by atoms with Crippen molar-refractivity contribution >= 4 is 11.9 Å². The van der Waals surface area contributed by atoms with E-state index in [0.29, 0.717) is 19.3 Å². The van der Waals surface area contributed by atoms with Crippen molar-refractivity contribution in [2.24, 2.45) is 0 Å². The van der Waals surface area contributed by atoms with Crippen LogP contribution in [0.5, 0.6) is 0 Å². The quantitative estimate of drug-likeness (QED) is 0.814. The highest BCUT2D eigenvalue weighted by molar-refractivity contribution is 5.93. The maximum Gasteiger partial charge on any atom is 0.411 e. The van der Waals surface area contributed by atoms with Crippen molar-refractivity contribution in [2.45, 2.75) is 57.6 Å². The van der Waals surface area contributed by atoms with Crippen molar-refractivity contribution in [3.05, 3.63) is 35.1 Å². The second-order valence-electron chi connectivity index (χ2n) is 7.34. The summed E-state index contributed by atoms with van der Waals surface area (Å²) in [4.78, 5) is 26.7. The van der Waals surface area contributed by atoms with Gasteiger partial charge in [-0.25, -0.2) is 9.18 Å². The van der Waals surface area contributed by atoms with E-state index in [2.05, 4.69) is 0 Å². The number of halogens is 1. The van der Waals surface area contributed by atoms with Gasteiger partial charge in [-0.1, -0.05) is 6.07 Å². The van der Waals surface area contributed by atoms with E-state index in [4.69, 9.17) is 10.00 Å². The molecule has 1 unspecified atom stereocenters. The number of amides is 1. The number of rotatable bonds is 2. The van der Waals surface area contributed by atoms with Gasteiger partial charge in [0.2, 0.25) is 0 Å². The van der Waals surface area contributed by atoms with Gasteiger partial charge in [-0.2, -0.15) is 5.26 Å². The van der Waals surface area contributed by atoms with Crippen LogP contribution in [-0.4, -0.2) is 29.4 Å². The minimum atomic E-state index is -1.40. The summed E-state index contributed by atoms with van der Waals surface area (Å²) < 4.78 is 20.1. The second-order valence-corrected chi connectivity index (χ2v) is 7.34. The second kappa shape index (κ2) is 6.83. The molecule has 1 saturated carbocycles. The molecule has 0 radical (unpaired) electrons. The van der Waals surface area contributed by atoms with Crippen LogP contribution in [0.2, 0.25) is 0 Å². The summed E-state index contributed by atoms with van der Waals surface area (Å²) >= 11 is 0. The van der Waals surface area contributed by atoms with E-state index < -0.39 is 23.1 Å². The highest BCUT2D eigenvalue weighted by Gasteiger charge is 2.49. The molecule has 1 aromatic carbocycles. The average molecular weight is 346 g/mol. The Morgan fingerprint density at radius 2 is 2.04 bits per heavy atom. The van der Waals surface area contributed by atoms with Gasteiger partial charge in [0.25, 0.3) is 0 Å². The molecule has 0 bridgehead atoms. The molecule has 0 spiro atoms. The molecule has 1 fully saturated rings. The van der Waals surface area contributed by atoms with E-state index in [9.17, 15) is 14.0 Å². The first-order valence-electron chi connectivity index (χ1n) is 8.32. The van der Waals surface area contributed by atoms with Gasteiger partial charge < -0.3 is 4.74 Å². The summed E-state index contributed by atoms with van der Waals surface area (Å²) in [7, 11) is 1.47. The van der Waals surface area contributed by atoms with Gasteiger partial charge in [0.1, 0.15) is 17.0 Å². The van der Waals surface area contributed by atoms with Gasteiger partial charge >= 0.3 is 6.09 Å². The third-order valence-electron chi connectivity index (χ3n) is 4.44. The van der Waals surface area contributed by atoms with Crippen LogP contribution in [0.1, 0.15) is 57.6 Å². The van der Waals surface area contributed by atoms with Gasteiger partial charge in [0, 0.05) is 19.0 Å². The lowest BCUT2D eigenvalue weighted by Crippen LogP contribution is -2.55. The zero-order chi connectivity index (χ0) is 18.8. The molecule has 1 atom stereocenters. The van der Waals surface area contributed by atoms with Crippen LogP contribution in [0, 0.1) is 17.1 Å². The fourth-order valence-corrected chi connectivity index (χ4v) is 3.24. The lowest BCUT2D eigenvalue weighted by Gasteiger charge is -2.43. The molecule has 1 aliphatic rings. The summed E-state index contributed by atoms with van der Waals surface area (Å²) in [5.74, 6) is -0.875. The van der Waals surface area contributed by atoms with Crippen molar-refractivity contribution in [3.63, 3.8) is 0 Å². The predicted molar refractivity (Wildman–Crippen MR) is 90.3 cm³/mol. The highest BCUT2D eigenvalue weighted by Crippen LogP contribution is 2.41. The fraction of sp³-hybridized carbons (Fsp3) is 0.526. The largest absolute Gasteiger partial charge is 0.444 e. The first kappa shape index (κ1) is 18.9. The zero-order valence-electron chi connectivity index (χ0n) is 15.1. The van der Waals surface area contributed by atoms with Crippen LogP contribution in [0.3, 0.4) is 0 Å². The van der Waals surface area contributed by atoms with Crippen LogP contribution >= 0.6 is 0 Å². The number of nitriles is 1. The molecule has 25 heavy (non-hydrogen) atoms. The van der Waals surface area contributed by atoms with E-state index in [1.54, 1.807) is 20.8 Å². The average Bonchev–Trinajstić information content (AvgIpc) is 2.53. The molecule has 5 nitrogen and oxygen atoms in total. The molecule has 0 aliphatic heterocycles. The number of hydrogen-bond donors (Lipinski definition) is 0. The molecule has 0 heterocycles. The standard InChI is InChI=1S/C19H23FN2O3/c1-18(2,3)25-17(24)22(4)19(10-6-5-7-16(19)23)14-9-8-13(12-21)11-15(14)20/h8-9,11H,5-7,10H2,1-4H3. The van der Waals surface area contributed by atoms with E-state index in [-0.39, 0.29) is 23.3 Å². The smallest absolute Gasteiger partial charge is 0.411 e. The minimum absolute atomic E-state index is 0.115. The zero-order valence-corrected chi connectivity index (χ0v) is 15.1. The molecular formula is C19H23FN2O3. The van der Waals surface area contributed by atoms with Crippen LogP contribution in [0.25, 0.3) is 0 Å². The number of Topliss-reactive ketones (excluding diaryl/α,β-unsaturated/α-hetero) is 1. The molecule has 6 heteroatoms. The number of ketones is 1. The van der Waals surface area contributed by atoms with Gasteiger partial charge in [0.15, 0.2) is 5.78 Å². The van der Waals surface area contributed by atoms with E-state index in [1.807, 2.05) is 6.07 Å². The van der Waals surface area contributed by atoms with E-state index in [1.165, 1.54) is 24.1 Å². The Balaban J connectivity index is 2.54. The summed E-state index contributed by atoms with van der Waals surface area (Å²) in [6.45, 7) is 5.20. The predicted octanol–water partition coefficient (Wildman–Crippen LogP) is 3.90. The molecule has 1 aromatic rings. The van der Waals surface area contributed by atoms with E-state index in [0.717, 1.165) is 6.07 Å². The van der Waals surface area contributed by atoms with Crippen molar-refractivity contribution in [3.8, 4) is 6.07 Å². The number of carbonyl (C=O) groups is 2. The van der Waals surface area contributed by atoms with Crippen molar-refractivity contribution in [2.75, 3.05) is 7.05 Å². The normalized spacial score (nSPS) is 20.7. The third kappa shape index (κ3) is 3.65. The number of carbonyl (C=O) groups excluding carboxylic acids is 2. The van der Waals surface area contributed by atoms with Crippen molar-refractivity contribution < 1.29 is 18.7 Å². The Morgan fingerprint density at radius 3 is 2.56 bits per heavy atom. The Morgan fingerprint density at radius 1 is 1.36 bits per heavy atom. The first-order chi connectivity index (χ1) is 11.6. The van der Waals surface area contributed by atoms with Gasteiger partial charge in [-0.15, -0.1) is 0 Å². The lowest BCUT2D eigenvalue weighted by atomic mass is 9.74. The summed E-state index contributed by atoms with van der Waals surface area (Å²) in [6, 6.07) is 5.87. The SMILES string of the molecule is CN(C(=O)OC(C)(C)C)C1(c2ccc(C#N)cc2F)CCCCC1=O. The Bertz CT molecular complexity index is 733. The third-order valence-corrected chi connectivity index (χ3v) is 4.44. The number of benzene rings is 1. The minimum Gasteiger partial charge on any atom is -0.444 e.